The molecule has 2 heterocycles. The highest BCUT2D eigenvalue weighted by atomic mass is 16.5. The first-order chi connectivity index (χ1) is 11.7. The molecular formula is C19H23N3O2. The molecule has 1 aliphatic heterocycles. The van der Waals surface area contributed by atoms with E-state index >= 15 is 0 Å². The lowest BCUT2D eigenvalue weighted by atomic mass is 10.0. The predicted octanol–water partition coefficient (Wildman–Crippen LogP) is 3.03. The lowest BCUT2D eigenvalue weighted by molar-refractivity contribution is 0.0950. The Bertz CT molecular complexity index is 703. The number of anilines is 1. The van der Waals surface area contributed by atoms with Gasteiger partial charge in [-0.1, -0.05) is 13.0 Å². The smallest absolute Gasteiger partial charge is 0.179 e. The predicted molar refractivity (Wildman–Crippen MR) is 94.5 cm³/mol. The molecule has 126 valence electrons. The van der Waals surface area contributed by atoms with E-state index in [-0.39, 0.29) is 17.9 Å². The van der Waals surface area contributed by atoms with Crippen LogP contribution in [0, 0.1) is 0 Å². The highest BCUT2D eigenvalue weighted by molar-refractivity contribution is 6.01. The van der Waals surface area contributed by atoms with Gasteiger partial charge in [-0.2, -0.15) is 0 Å². The quantitative estimate of drug-likeness (QED) is 0.799. The second-order valence-electron chi connectivity index (χ2n) is 6.03. The van der Waals surface area contributed by atoms with Crippen LogP contribution in [0.3, 0.4) is 0 Å². The molecule has 2 unspecified atom stereocenters. The molecule has 1 aromatic heterocycles. The number of carbonyl (C=O) groups excluding carboxylic acids is 1. The van der Waals surface area contributed by atoms with Crippen LogP contribution in [0.15, 0.2) is 42.6 Å². The number of pyridine rings is 1. The molecule has 0 spiro atoms. The Morgan fingerprint density at radius 2 is 2.29 bits per heavy atom. The second-order valence-corrected chi connectivity index (χ2v) is 6.03. The largest absolute Gasteiger partial charge is 0.486 e. The molecule has 3 rings (SSSR count). The Kier molecular flexibility index (Phi) is 5.11. The average molecular weight is 325 g/mol. The van der Waals surface area contributed by atoms with Gasteiger partial charge in [-0.15, -0.1) is 0 Å². The normalized spacial score (nSPS) is 17.3. The Hall–Kier alpha value is -2.40. The number of Topliss-reactive ketones (excluding diaryl/α,β-unsaturated/α-hetero) is 1. The van der Waals surface area contributed by atoms with Gasteiger partial charge in [-0.05, 0) is 43.7 Å². The van der Waals surface area contributed by atoms with Gasteiger partial charge in [0.25, 0.3) is 0 Å². The van der Waals surface area contributed by atoms with E-state index in [4.69, 9.17) is 4.74 Å². The van der Waals surface area contributed by atoms with Crippen LogP contribution in [0.2, 0.25) is 0 Å². The lowest BCUT2D eigenvalue weighted by Gasteiger charge is -2.27. The number of rotatable bonds is 6. The molecular weight excluding hydrogens is 302 g/mol. The minimum Gasteiger partial charge on any atom is -0.486 e. The van der Waals surface area contributed by atoms with Crippen LogP contribution in [-0.4, -0.2) is 29.5 Å². The van der Waals surface area contributed by atoms with Gasteiger partial charge in [0.05, 0.1) is 24.0 Å². The van der Waals surface area contributed by atoms with Crippen molar-refractivity contribution in [3.05, 3.63) is 53.9 Å². The van der Waals surface area contributed by atoms with Crippen molar-refractivity contribution in [1.29, 1.82) is 0 Å². The molecule has 0 fully saturated rings. The number of ether oxygens (including phenoxy) is 1. The van der Waals surface area contributed by atoms with E-state index < -0.39 is 0 Å². The van der Waals surface area contributed by atoms with Crippen molar-refractivity contribution in [1.82, 2.24) is 10.3 Å². The van der Waals surface area contributed by atoms with Crippen LogP contribution >= 0.6 is 0 Å². The third-order valence-corrected chi connectivity index (χ3v) is 4.24. The molecule has 0 amide bonds. The minimum atomic E-state index is -0.280. The van der Waals surface area contributed by atoms with E-state index in [0.717, 1.165) is 30.1 Å². The highest BCUT2D eigenvalue weighted by Gasteiger charge is 2.21. The summed E-state index contributed by atoms with van der Waals surface area (Å²) in [5, 5.41) is 6.58. The van der Waals surface area contributed by atoms with E-state index in [1.54, 1.807) is 6.20 Å². The van der Waals surface area contributed by atoms with E-state index in [2.05, 4.69) is 22.5 Å². The van der Waals surface area contributed by atoms with Crippen molar-refractivity contribution in [2.24, 2.45) is 0 Å². The summed E-state index contributed by atoms with van der Waals surface area (Å²) in [6.45, 7) is 5.32. The van der Waals surface area contributed by atoms with Crippen LogP contribution in [0.5, 0.6) is 5.75 Å². The van der Waals surface area contributed by atoms with Gasteiger partial charge in [0.1, 0.15) is 11.9 Å². The van der Waals surface area contributed by atoms with Gasteiger partial charge in [-0.25, -0.2) is 0 Å². The number of aromatic nitrogens is 1. The molecule has 24 heavy (non-hydrogen) atoms. The minimum absolute atomic E-state index is 0.0631. The maximum Gasteiger partial charge on any atom is 0.179 e. The number of nitrogens with one attached hydrogen (secondary N) is 2. The molecule has 0 bridgehead atoms. The molecule has 2 aromatic rings. The maximum atomic E-state index is 12.6. The summed E-state index contributed by atoms with van der Waals surface area (Å²) in [6, 6.07) is 11.1. The van der Waals surface area contributed by atoms with Crippen LogP contribution in [0.1, 0.15) is 36.3 Å². The average Bonchev–Trinajstić information content (AvgIpc) is 2.65. The molecule has 0 aliphatic carbocycles. The van der Waals surface area contributed by atoms with Crippen molar-refractivity contribution in [2.45, 2.75) is 39.0 Å². The lowest BCUT2D eigenvalue weighted by Crippen LogP contribution is -2.34. The molecule has 0 saturated heterocycles. The zero-order valence-electron chi connectivity index (χ0n) is 14.1. The third-order valence-electron chi connectivity index (χ3n) is 4.24. The number of benzene rings is 1. The highest BCUT2D eigenvalue weighted by Crippen LogP contribution is 2.31. The summed E-state index contributed by atoms with van der Waals surface area (Å²) in [5.41, 5.74) is 2.49. The number of hydrogen-bond donors (Lipinski definition) is 2. The summed E-state index contributed by atoms with van der Waals surface area (Å²) in [6.07, 6.45) is 2.90. The fourth-order valence-corrected chi connectivity index (χ4v) is 2.70. The molecule has 1 aliphatic rings. The number of carbonyl (C=O) groups is 1. The standard InChI is InChI=1S/C19H23N3O2/c1-3-16-12-22-17-10-14(7-8-18(17)24-16)19(23)13(2)21-11-15-6-4-5-9-20-15/h4-10,13,16,21-22H,3,11-12H2,1-2H3. The summed E-state index contributed by atoms with van der Waals surface area (Å²) in [4.78, 5) is 16.9. The molecule has 0 radical (unpaired) electrons. The van der Waals surface area contributed by atoms with Crippen LogP contribution in [0.25, 0.3) is 0 Å². The molecule has 1 aromatic carbocycles. The van der Waals surface area contributed by atoms with Gasteiger partial charge in [0.15, 0.2) is 5.78 Å². The van der Waals surface area contributed by atoms with Gasteiger partial charge < -0.3 is 15.4 Å². The summed E-state index contributed by atoms with van der Waals surface area (Å²) >= 11 is 0. The van der Waals surface area contributed by atoms with E-state index in [9.17, 15) is 4.79 Å². The van der Waals surface area contributed by atoms with Crippen molar-refractivity contribution in [3.8, 4) is 5.75 Å². The third kappa shape index (κ3) is 3.74. The van der Waals surface area contributed by atoms with Crippen molar-refractivity contribution < 1.29 is 9.53 Å². The number of nitrogens with zero attached hydrogens (tertiary/aromatic N) is 1. The van der Waals surface area contributed by atoms with Crippen LogP contribution in [-0.2, 0) is 6.54 Å². The number of fused-ring (bicyclic) bond motifs is 1. The summed E-state index contributed by atoms with van der Waals surface area (Å²) in [7, 11) is 0. The number of ketones is 1. The van der Waals surface area contributed by atoms with Gasteiger partial charge >= 0.3 is 0 Å². The van der Waals surface area contributed by atoms with E-state index in [0.29, 0.717) is 12.1 Å². The first-order valence-electron chi connectivity index (χ1n) is 8.39. The van der Waals surface area contributed by atoms with Crippen molar-refractivity contribution in [2.75, 3.05) is 11.9 Å². The van der Waals surface area contributed by atoms with Crippen LogP contribution in [0.4, 0.5) is 5.69 Å². The molecule has 2 atom stereocenters. The Morgan fingerprint density at radius 3 is 3.04 bits per heavy atom. The fraction of sp³-hybridized carbons (Fsp3) is 0.368. The fourth-order valence-electron chi connectivity index (χ4n) is 2.70. The Morgan fingerprint density at radius 1 is 1.42 bits per heavy atom. The molecule has 5 heteroatoms. The first kappa shape index (κ1) is 16.5. The number of hydrogen-bond acceptors (Lipinski definition) is 5. The maximum absolute atomic E-state index is 12.6. The van der Waals surface area contributed by atoms with Crippen molar-refractivity contribution >= 4 is 11.5 Å². The van der Waals surface area contributed by atoms with Gasteiger partial charge in [0.2, 0.25) is 0 Å². The zero-order valence-corrected chi connectivity index (χ0v) is 14.1. The monoisotopic (exact) mass is 325 g/mol. The summed E-state index contributed by atoms with van der Waals surface area (Å²) in [5.74, 6) is 0.881. The second kappa shape index (κ2) is 7.45. The van der Waals surface area contributed by atoms with Crippen LogP contribution < -0.4 is 15.4 Å². The SMILES string of the molecule is CCC1CNc2cc(C(=O)C(C)NCc3ccccn3)ccc2O1. The first-order valence-corrected chi connectivity index (χ1v) is 8.39. The topological polar surface area (TPSA) is 63.2 Å². The molecule has 5 nitrogen and oxygen atoms in total. The Balaban J connectivity index is 1.64. The van der Waals surface area contributed by atoms with Crippen molar-refractivity contribution in [3.63, 3.8) is 0 Å². The zero-order chi connectivity index (χ0) is 16.9. The van der Waals surface area contributed by atoms with E-state index in [1.807, 2.05) is 43.3 Å². The Labute approximate surface area is 142 Å². The van der Waals surface area contributed by atoms with Gasteiger partial charge in [-0.3, -0.25) is 9.78 Å². The molecule has 2 N–H and O–H groups in total. The molecule has 0 saturated carbocycles. The van der Waals surface area contributed by atoms with Gasteiger partial charge in [0, 0.05) is 18.3 Å². The summed E-state index contributed by atoms with van der Waals surface area (Å²) < 4.78 is 5.88. The van der Waals surface area contributed by atoms with E-state index in [1.165, 1.54) is 0 Å².